The van der Waals surface area contributed by atoms with Gasteiger partial charge in [-0.15, -0.1) is 0 Å². The smallest absolute Gasteiger partial charge is 0.338 e. The molecule has 0 saturated carbocycles. The summed E-state index contributed by atoms with van der Waals surface area (Å²) in [6, 6.07) is 14.0. The zero-order valence-electron chi connectivity index (χ0n) is 18.4. The molecule has 2 aromatic carbocycles. The number of halogens is 2. The summed E-state index contributed by atoms with van der Waals surface area (Å²) in [4.78, 5) is 29.8. The summed E-state index contributed by atoms with van der Waals surface area (Å²) < 4.78 is 5.39. The first-order valence-corrected chi connectivity index (χ1v) is 11.3. The van der Waals surface area contributed by atoms with Crippen LogP contribution < -0.4 is 5.32 Å². The number of hydrogen-bond donors (Lipinski definition) is 1. The number of carbonyl (C=O) groups excluding carboxylic acids is 2. The van der Waals surface area contributed by atoms with Crippen LogP contribution in [0.25, 0.3) is 0 Å². The van der Waals surface area contributed by atoms with Gasteiger partial charge in [0.15, 0.2) is 0 Å². The summed E-state index contributed by atoms with van der Waals surface area (Å²) in [6.45, 7) is 5.29. The first-order chi connectivity index (χ1) is 15.3. The van der Waals surface area contributed by atoms with Crippen molar-refractivity contribution in [3.05, 3.63) is 81.0 Å². The molecule has 2 amide bonds. The topological polar surface area (TPSA) is 61.9 Å². The highest BCUT2D eigenvalue weighted by molar-refractivity contribution is 6.35. The number of carbonyl (C=O) groups is 2. The molecule has 0 aliphatic carbocycles. The molecule has 0 bridgehead atoms. The van der Waals surface area contributed by atoms with Crippen molar-refractivity contribution >= 4 is 35.2 Å². The van der Waals surface area contributed by atoms with Gasteiger partial charge in [-0.05, 0) is 44.2 Å². The minimum Gasteiger partial charge on any atom is -0.463 e. The largest absolute Gasteiger partial charge is 0.463 e. The van der Waals surface area contributed by atoms with Crippen LogP contribution in [0.2, 0.25) is 10.0 Å². The molecule has 1 aliphatic heterocycles. The van der Waals surface area contributed by atoms with Crippen molar-refractivity contribution in [2.45, 2.75) is 26.4 Å². The summed E-state index contributed by atoms with van der Waals surface area (Å²) in [6.07, 6.45) is 0. The lowest BCUT2D eigenvalue weighted by Crippen LogP contribution is -2.50. The van der Waals surface area contributed by atoms with Gasteiger partial charge in [-0.1, -0.05) is 59.6 Å². The van der Waals surface area contributed by atoms with Crippen LogP contribution in [0.15, 0.2) is 59.8 Å². The molecule has 3 rings (SSSR count). The predicted molar refractivity (Wildman–Crippen MR) is 127 cm³/mol. The van der Waals surface area contributed by atoms with Gasteiger partial charge < -0.3 is 10.1 Å². The van der Waals surface area contributed by atoms with E-state index in [0.717, 1.165) is 5.56 Å². The van der Waals surface area contributed by atoms with Crippen LogP contribution in [0, 0.1) is 0 Å². The molecule has 1 heterocycles. The fourth-order valence-electron chi connectivity index (χ4n) is 3.83. The Balaban J connectivity index is 2.07. The van der Waals surface area contributed by atoms with Gasteiger partial charge in [-0.3, -0.25) is 9.80 Å². The van der Waals surface area contributed by atoms with E-state index >= 15 is 0 Å². The highest BCUT2D eigenvalue weighted by Gasteiger charge is 2.38. The minimum atomic E-state index is -0.741. The third-order valence-electron chi connectivity index (χ3n) is 5.24. The summed E-state index contributed by atoms with van der Waals surface area (Å²) >= 11 is 12.5. The standard InChI is InChI=1S/C24H27Cl2N3O3/c1-4-29-20(15-28(3)14-16-9-7-6-8-10-16)21(23(30)32-5-2)22(27-24(29)31)18-12-11-17(25)13-19(18)26/h6-13,22H,4-5,14-15H2,1-3H3,(H,27,31)/t22-/m0/s1. The molecule has 1 N–H and O–H groups in total. The second-order valence-corrected chi connectivity index (χ2v) is 8.37. The first-order valence-electron chi connectivity index (χ1n) is 10.5. The number of hydrogen-bond acceptors (Lipinski definition) is 4. The fraction of sp³-hybridized carbons (Fsp3) is 0.333. The molecule has 0 spiro atoms. The van der Waals surface area contributed by atoms with Gasteiger partial charge in [0.1, 0.15) is 0 Å². The Bertz CT molecular complexity index is 1010. The van der Waals surface area contributed by atoms with Crippen molar-refractivity contribution in [2.24, 2.45) is 0 Å². The van der Waals surface area contributed by atoms with Crippen molar-refractivity contribution in [1.29, 1.82) is 0 Å². The van der Waals surface area contributed by atoms with Gasteiger partial charge >= 0.3 is 12.0 Å². The molecule has 1 atom stereocenters. The Morgan fingerprint density at radius 3 is 2.47 bits per heavy atom. The maximum atomic E-state index is 13.1. The van der Waals surface area contributed by atoms with Crippen LogP contribution >= 0.6 is 23.2 Å². The van der Waals surface area contributed by atoms with E-state index in [2.05, 4.69) is 10.2 Å². The lowest BCUT2D eigenvalue weighted by molar-refractivity contribution is -0.139. The zero-order valence-corrected chi connectivity index (χ0v) is 19.9. The van der Waals surface area contributed by atoms with Crippen LogP contribution in [0.5, 0.6) is 0 Å². The summed E-state index contributed by atoms with van der Waals surface area (Å²) in [5.74, 6) is -0.481. The predicted octanol–water partition coefficient (Wildman–Crippen LogP) is 5.03. The van der Waals surface area contributed by atoms with Gasteiger partial charge in [0.05, 0.1) is 18.2 Å². The Labute approximate surface area is 198 Å². The van der Waals surface area contributed by atoms with E-state index in [4.69, 9.17) is 27.9 Å². The molecular weight excluding hydrogens is 449 g/mol. The van der Waals surface area contributed by atoms with Gasteiger partial charge in [-0.2, -0.15) is 0 Å². The second-order valence-electron chi connectivity index (χ2n) is 7.53. The number of ether oxygens (including phenoxy) is 1. The minimum absolute atomic E-state index is 0.219. The molecule has 0 radical (unpaired) electrons. The van der Waals surface area contributed by atoms with Crippen LogP contribution in [-0.2, 0) is 16.1 Å². The van der Waals surface area contributed by atoms with Crippen molar-refractivity contribution in [1.82, 2.24) is 15.1 Å². The molecule has 0 unspecified atom stereocenters. The quantitative estimate of drug-likeness (QED) is 0.543. The maximum Gasteiger partial charge on any atom is 0.338 e. The normalized spacial score (nSPS) is 16.4. The Hall–Kier alpha value is -2.54. The molecule has 0 aromatic heterocycles. The second kappa shape index (κ2) is 10.9. The van der Waals surface area contributed by atoms with Crippen LogP contribution in [0.1, 0.15) is 31.0 Å². The summed E-state index contributed by atoms with van der Waals surface area (Å²) in [5.41, 5.74) is 2.70. The average Bonchev–Trinajstić information content (AvgIpc) is 2.74. The number of urea groups is 1. The third kappa shape index (κ3) is 5.44. The molecule has 1 aliphatic rings. The molecule has 32 heavy (non-hydrogen) atoms. The van der Waals surface area contributed by atoms with Crippen molar-refractivity contribution in [3.8, 4) is 0 Å². The van der Waals surface area contributed by atoms with Crippen LogP contribution in [0.4, 0.5) is 4.79 Å². The Kier molecular flexibility index (Phi) is 8.18. The molecule has 0 fully saturated rings. The molecule has 6 nitrogen and oxygen atoms in total. The number of likely N-dealkylation sites (N-methyl/N-ethyl adjacent to an activating group) is 2. The molecule has 170 valence electrons. The lowest BCUT2D eigenvalue weighted by atomic mass is 9.94. The van der Waals surface area contributed by atoms with E-state index in [1.165, 1.54) is 0 Å². The first kappa shape index (κ1) is 24.1. The number of rotatable bonds is 8. The Morgan fingerprint density at radius 1 is 1.12 bits per heavy atom. The number of amides is 2. The SMILES string of the molecule is CCOC(=O)C1=C(CN(C)Cc2ccccc2)N(CC)C(=O)N[C@H]1c1ccc(Cl)cc1Cl. The van der Waals surface area contributed by atoms with Crippen molar-refractivity contribution < 1.29 is 14.3 Å². The molecule has 0 saturated heterocycles. The number of nitrogens with one attached hydrogen (secondary N) is 1. The number of nitrogens with zero attached hydrogens (tertiary/aromatic N) is 2. The maximum absolute atomic E-state index is 13.1. The van der Waals surface area contributed by atoms with Gasteiger partial charge in [0, 0.05) is 35.4 Å². The average molecular weight is 476 g/mol. The van der Waals surface area contributed by atoms with E-state index in [9.17, 15) is 9.59 Å². The van der Waals surface area contributed by atoms with E-state index in [-0.39, 0.29) is 12.6 Å². The fourth-order valence-corrected chi connectivity index (χ4v) is 4.35. The van der Waals surface area contributed by atoms with Gasteiger partial charge in [0.2, 0.25) is 0 Å². The van der Waals surface area contributed by atoms with Crippen LogP contribution in [-0.4, -0.2) is 48.5 Å². The summed E-state index contributed by atoms with van der Waals surface area (Å²) in [5, 5.41) is 3.76. The van der Waals surface area contributed by atoms with Gasteiger partial charge in [0.25, 0.3) is 0 Å². The molecule has 8 heteroatoms. The molecule has 2 aromatic rings. The van der Waals surface area contributed by atoms with Gasteiger partial charge in [-0.25, -0.2) is 9.59 Å². The van der Waals surface area contributed by atoms with E-state index in [0.29, 0.717) is 46.5 Å². The van der Waals surface area contributed by atoms with Crippen LogP contribution in [0.3, 0.4) is 0 Å². The molecular formula is C24H27Cl2N3O3. The lowest BCUT2D eigenvalue weighted by Gasteiger charge is -2.37. The van der Waals surface area contributed by atoms with Crippen molar-refractivity contribution in [2.75, 3.05) is 26.7 Å². The number of esters is 1. The third-order valence-corrected chi connectivity index (χ3v) is 5.80. The van der Waals surface area contributed by atoms with E-state index in [1.807, 2.05) is 44.3 Å². The highest BCUT2D eigenvalue weighted by Crippen LogP contribution is 2.36. The number of benzene rings is 2. The van der Waals surface area contributed by atoms with E-state index in [1.54, 1.807) is 30.0 Å². The zero-order chi connectivity index (χ0) is 23.3. The monoisotopic (exact) mass is 475 g/mol. The van der Waals surface area contributed by atoms with Crippen molar-refractivity contribution in [3.63, 3.8) is 0 Å². The summed E-state index contributed by atoms with van der Waals surface area (Å²) in [7, 11) is 1.95. The Morgan fingerprint density at radius 2 is 1.84 bits per heavy atom. The highest BCUT2D eigenvalue weighted by atomic mass is 35.5. The van der Waals surface area contributed by atoms with E-state index < -0.39 is 12.0 Å².